The predicted octanol–water partition coefficient (Wildman–Crippen LogP) is 1.88. The Morgan fingerprint density at radius 2 is 2.15 bits per heavy atom. The monoisotopic (exact) mass is 471 g/mol. The summed E-state index contributed by atoms with van der Waals surface area (Å²) in [6.45, 7) is 4.15. The first-order valence-corrected chi connectivity index (χ1v) is 11.8. The molecule has 0 aliphatic carbocycles. The van der Waals surface area contributed by atoms with Crippen LogP contribution in [0.25, 0.3) is 10.9 Å². The second-order valence-electron chi connectivity index (χ2n) is 7.79. The molecule has 1 N–H and O–H groups in total. The van der Waals surface area contributed by atoms with Gasteiger partial charge in [-0.05, 0) is 31.2 Å². The molecular formula is C23H29N5O4S. The van der Waals surface area contributed by atoms with E-state index < -0.39 is 6.04 Å². The van der Waals surface area contributed by atoms with Gasteiger partial charge in [0.15, 0.2) is 0 Å². The predicted molar refractivity (Wildman–Crippen MR) is 128 cm³/mol. The Hall–Kier alpha value is -2.87. The number of amides is 2. The average molecular weight is 472 g/mol. The molecule has 3 heterocycles. The minimum atomic E-state index is -0.431. The molecule has 0 spiro atoms. The largest absolute Gasteiger partial charge is 0.388 e. The van der Waals surface area contributed by atoms with Crippen molar-refractivity contribution >= 4 is 40.2 Å². The molecule has 2 aliphatic rings. The molecule has 2 fully saturated rings. The van der Waals surface area contributed by atoms with Crippen molar-refractivity contribution in [2.24, 2.45) is 0 Å². The number of benzene rings is 1. The zero-order valence-corrected chi connectivity index (χ0v) is 19.9. The fourth-order valence-electron chi connectivity index (χ4n) is 3.73. The number of nitrogens with zero attached hydrogens (tertiary/aromatic N) is 4. The lowest BCUT2D eigenvalue weighted by atomic mass is 10.1. The zero-order valence-electron chi connectivity index (χ0n) is 19.1. The number of rotatable bonds is 4. The molecule has 4 rings (SSSR count). The number of carbonyl (C=O) groups is 2. The van der Waals surface area contributed by atoms with Crippen molar-refractivity contribution in [2.45, 2.75) is 19.1 Å². The van der Waals surface area contributed by atoms with Crippen molar-refractivity contribution in [3.05, 3.63) is 36.0 Å². The molecule has 176 valence electrons. The molecule has 1 aromatic heterocycles. The molecular weight excluding hydrogens is 442 g/mol. The van der Waals surface area contributed by atoms with Crippen molar-refractivity contribution in [1.29, 1.82) is 5.26 Å². The van der Waals surface area contributed by atoms with Gasteiger partial charge in [-0.2, -0.15) is 5.26 Å². The number of nitrogens with one attached hydrogen (secondary N) is 1. The number of thioether (sulfide) groups is 1. The standard InChI is InChI=1S/C21H23N5O3S.C2H6O/c1-14-11-25(6-7-29-14)15-2-3-19-18(8-15)17(4-5-23-19)21(28)24-10-20(27)26-13-30-12-16(26)9-22;1-3-2/h2-5,8,14,16H,6-7,10-13H2,1H3,(H,24,28);1-2H3. The Morgan fingerprint density at radius 3 is 2.88 bits per heavy atom. The van der Waals surface area contributed by atoms with Gasteiger partial charge in [0.05, 0.1) is 42.3 Å². The average Bonchev–Trinajstić information content (AvgIpc) is 3.31. The number of ether oxygens (including phenoxy) is 2. The van der Waals surface area contributed by atoms with Crippen molar-refractivity contribution in [3.8, 4) is 6.07 Å². The van der Waals surface area contributed by atoms with Gasteiger partial charge in [0, 0.05) is 50.3 Å². The molecule has 0 bridgehead atoms. The van der Waals surface area contributed by atoms with Crippen molar-refractivity contribution in [3.63, 3.8) is 0 Å². The lowest BCUT2D eigenvalue weighted by Gasteiger charge is -2.33. The molecule has 9 nitrogen and oxygen atoms in total. The van der Waals surface area contributed by atoms with Crippen LogP contribution in [-0.2, 0) is 14.3 Å². The van der Waals surface area contributed by atoms with E-state index in [4.69, 9.17) is 10.00 Å². The summed E-state index contributed by atoms with van der Waals surface area (Å²) in [5, 5.41) is 12.6. The summed E-state index contributed by atoms with van der Waals surface area (Å²) >= 11 is 1.54. The smallest absolute Gasteiger partial charge is 0.252 e. The highest BCUT2D eigenvalue weighted by Crippen LogP contribution is 2.25. The zero-order chi connectivity index (χ0) is 23.8. The topological polar surface area (TPSA) is 108 Å². The molecule has 10 heteroatoms. The van der Waals surface area contributed by atoms with Crippen LogP contribution in [-0.4, -0.2) is 85.9 Å². The van der Waals surface area contributed by atoms with Crippen LogP contribution in [0.15, 0.2) is 30.5 Å². The minimum absolute atomic E-state index is 0.137. The Morgan fingerprint density at radius 1 is 1.36 bits per heavy atom. The third kappa shape index (κ3) is 6.13. The molecule has 0 saturated carbocycles. The summed E-state index contributed by atoms with van der Waals surface area (Å²) in [6.07, 6.45) is 1.75. The second-order valence-corrected chi connectivity index (χ2v) is 8.79. The SMILES string of the molecule is CC1CN(c2ccc3nccc(C(=O)NCC(=O)N4CSCC4C#N)c3c2)CCO1.COC. The number of methoxy groups -OCH3 is 1. The van der Waals surface area contributed by atoms with Crippen LogP contribution in [0.2, 0.25) is 0 Å². The van der Waals surface area contributed by atoms with Gasteiger partial charge in [-0.25, -0.2) is 0 Å². The van der Waals surface area contributed by atoms with E-state index in [1.807, 2.05) is 25.1 Å². The summed E-state index contributed by atoms with van der Waals surface area (Å²) in [6, 6.07) is 9.25. The van der Waals surface area contributed by atoms with Crippen LogP contribution >= 0.6 is 11.8 Å². The number of nitriles is 1. The van der Waals surface area contributed by atoms with Gasteiger partial charge >= 0.3 is 0 Å². The van der Waals surface area contributed by atoms with Gasteiger partial charge in [0.25, 0.3) is 5.91 Å². The first kappa shape index (κ1) is 24.8. The summed E-state index contributed by atoms with van der Waals surface area (Å²) < 4.78 is 9.87. The van der Waals surface area contributed by atoms with Gasteiger partial charge in [-0.3, -0.25) is 14.6 Å². The summed E-state index contributed by atoms with van der Waals surface area (Å²) in [7, 11) is 3.25. The highest BCUT2D eigenvalue weighted by Gasteiger charge is 2.29. The number of aromatic nitrogens is 1. The quantitative estimate of drug-likeness (QED) is 0.720. The van der Waals surface area contributed by atoms with Crippen LogP contribution in [0, 0.1) is 11.3 Å². The van der Waals surface area contributed by atoms with E-state index in [-0.39, 0.29) is 24.5 Å². The molecule has 0 radical (unpaired) electrons. The molecule has 2 aromatic rings. The summed E-state index contributed by atoms with van der Waals surface area (Å²) in [5.74, 6) is 0.505. The van der Waals surface area contributed by atoms with Gasteiger partial charge in [0.1, 0.15) is 6.04 Å². The number of anilines is 1. The number of pyridine rings is 1. The lowest BCUT2D eigenvalue weighted by molar-refractivity contribution is -0.129. The van der Waals surface area contributed by atoms with Gasteiger partial charge in [-0.1, -0.05) is 0 Å². The Labute approximate surface area is 198 Å². The molecule has 1 aromatic carbocycles. The van der Waals surface area contributed by atoms with Crippen LogP contribution in [0.1, 0.15) is 17.3 Å². The van der Waals surface area contributed by atoms with Crippen LogP contribution in [0.3, 0.4) is 0 Å². The summed E-state index contributed by atoms with van der Waals surface area (Å²) in [5.41, 5.74) is 2.21. The van der Waals surface area contributed by atoms with E-state index in [1.165, 1.54) is 16.7 Å². The summed E-state index contributed by atoms with van der Waals surface area (Å²) in [4.78, 5) is 33.4. The molecule has 2 amide bonds. The van der Waals surface area contributed by atoms with Crippen LogP contribution < -0.4 is 10.2 Å². The Balaban J connectivity index is 0.000000968. The van der Waals surface area contributed by atoms with Crippen LogP contribution in [0.5, 0.6) is 0 Å². The number of hydrogen-bond acceptors (Lipinski definition) is 8. The highest BCUT2D eigenvalue weighted by atomic mass is 32.2. The Kier molecular flexibility index (Phi) is 8.88. The fraction of sp³-hybridized carbons (Fsp3) is 0.478. The van der Waals surface area contributed by atoms with E-state index in [0.717, 1.165) is 29.7 Å². The van der Waals surface area contributed by atoms with E-state index in [2.05, 4.69) is 26.0 Å². The number of carbonyl (C=O) groups excluding carboxylic acids is 2. The Bertz CT molecular complexity index is 1030. The van der Waals surface area contributed by atoms with Gasteiger partial charge in [0.2, 0.25) is 5.91 Å². The molecule has 2 atom stereocenters. The van der Waals surface area contributed by atoms with Gasteiger partial charge < -0.3 is 24.6 Å². The number of hydrogen-bond donors (Lipinski definition) is 1. The number of fused-ring (bicyclic) bond motifs is 1. The molecule has 2 unspecified atom stereocenters. The molecule has 2 aliphatic heterocycles. The third-order valence-electron chi connectivity index (χ3n) is 5.33. The van der Waals surface area contributed by atoms with Crippen molar-refractivity contribution < 1.29 is 19.1 Å². The van der Waals surface area contributed by atoms with E-state index >= 15 is 0 Å². The van der Waals surface area contributed by atoms with Gasteiger partial charge in [-0.15, -0.1) is 11.8 Å². The maximum Gasteiger partial charge on any atom is 0.252 e. The third-order valence-corrected chi connectivity index (χ3v) is 6.34. The molecule has 2 saturated heterocycles. The normalized spacial score (nSPS) is 20.1. The van der Waals surface area contributed by atoms with E-state index in [9.17, 15) is 9.59 Å². The minimum Gasteiger partial charge on any atom is -0.388 e. The van der Waals surface area contributed by atoms with E-state index in [1.54, 1.807) is 26.5 Å². The fourth-order valence-corrected chi connectivity index (χ4v) is 4.83. The lowest BCUT2D eigenvalue weighted by Crippen LogP contribution is -2.42. The van der Waals surface area contributed by atoms with Crippen molar-refractivity contribution in [1.82, 2.24) is 15.2 Å². The first-order chi connectivity index (χ1) is 16.0. The van der Waals surface area contributed by atoms with Crippen LogP contribution in [0.4, 0.5) is 5.69 Å². The number of morpholine rings is 1. The van der Waals surface area contributed by atoms with Crippen molar-refractivity contribution in [2.75, 3.05) is 57.0 Å². The first-order valence-electron chi connectivity index (χ1n) is 10.7. The molecule has 33 heavy (non-hydrogen) atoms. The highest BCUT2D eigenvalue weighted by molar-refractivity contribution is 7.99. The second kappa shape index (κ2) is 11.8. The maximum atomic E-state index is 12.9. The van der Waals surface area contributed by atoms with E-state index in [0.29, 0.717) is 23.8 Å². The maximum absolute atomic E-state index is 12.9.